The lowest BCUT2D eigenvalue weighted by molar-refractivity contribution is 0.322. The molecule has 0 spiro atoms. The summed E-state index contributed by atoms with van der Waals surface area (Å²) in [4.78, 5) is 9.23. The molecule has 0 saturated heterocycles. The largest absolute Gasteiger partial charge is 0.492 e. The van der Waals surface area contributed by atoms with Crippen molar-refractivity contribution < 1.29 is 4.74 Å². The molecule has 2 aromatic heterocycles. The Bertz CT molecular complexity index is 843. The molecule has 0 aliphatic rings. The zero-order valence-corrected chi connectivity index (χ0v) is 18.7. The Morgan fingerprint density at radius 1 is 1.14 bits per heavy atom. The molecule has 7 heteroatoms. The number of rotatable bonds is 8. The Morgan fingerprint density at radius 3 is 2.71 bits per heavy atom. The number of guanidine groups is 1. The molecule has 3 aromatic rings. The van der Waals surface area contributed by atoms with E-state index in [4.69, 9.17) is 4.74 Å². The standard InChI is InChI=1S/C21H27N5O.HI/c1-3-22-21(24-13-15-27-19-9-7-17(2)8-10-19)23-12-11-18-16-26-14-5-4-6-20(26)25-18;/h4-10,14,16H,3,11-13,15H2,1-2H3,(H2,22,23,24);1H. The first kappa shape index (κ1) is 22.0. The van der Waals surface area contributed by atoms with E-state index in [2.05, 4.69) is 40.7 Å². The molecule has 0 aliphatic carbocycles. The van der Waals surface area contributed by atoms with Gasteiger partial charge in [0.15, 0.2) is 5.96 Å². The molecule has 0 aliphatic heterocycles. The van der Waals surface area contributed by atoms with Gasteiger partial charge in [0.1, 0.15) is 18.0 Å². The molecule has 150 valence electrons. The minimum Gasteiger partial charge on any atom is -0.492 e. The third-order valence-corrected chi connectivity index (χ3v) is 4.08. The van der Waals surface area contributed by atoms with Crippen LogP contribution in [0.5, 0.6) is 5.75 Å². The predicted octanol–water partition coefficient (Wildman–Crippen LogP) is 3.44. The highest BCUT2D eigenvalue weighted by Gasteiger charge is 2.02. The van der Waals surface area contributed by atoms with Gasteiger partial charge < -0.3 is 19.8 Å². The van der Waals surface area contributed by atoms with Crippen molar-refractivity contribution in [2.75, 3.05) is 26.2 Å². The van der Waals surface area contributed by atoms with E-state index in [9.17, 15) is 0 Å². The Morgan fingerprint density at radius 2 is 1.96 bits per heavy atom. The van der Waals surface area contributed by atoms with Gasteiger partial charge in [-0.3, -0.25) is 4.99 Å². The van der Waals surface area contributed by atoms with E-state index < -0.39 is 0 Å². The van der Waals surface area contributed by atoms with Crippen molar-refractivity contribution in [1.82, 2.24) is 20.0 Å². The summed E-state index contributed by atoms with van der Waals surface area (Å²) < 4.78 is 7.77. The normalized spacial score (nSPS) is 11.1. The zero-order valence-electron chi connectivity index (χ0n) is 16.4. The Hall–Kier alpha value is -2.29. The third-order valence-electron chi connectivity index (χ3n) is 4.08. The number of halogens is 1. The summed E-state index contributed by atoms with van der Waals surface area (Å²) in [5.41, 5.74) is 3.24. The monoisotopic (exact) mass is 493 g/mol. The van der Waals surface area contributed by atoms with Gasteiger partial charge in [-0.05, 0) is 38.1 Å². The fraction of sp³-hybridized carbons (Fsp3) is 0.333. The first-order chi connectivity index (χ1) is 13.2. The highest BCUT2D eigenvalue weighted by molar-refractivity contribution is 14.0. The SMILES string of the molecule is CCNC(=NCCc1cn2ccccc2n1)NCCOc1ccc(C)cc1.I. The van der Waals surface area contributed by atoms with Crippen LogP contribution in [0.15, 0.2) is 59.9 Å². The molecule has 0 atom stereocenters. The topological polar surface area (TPSA) is 63.0 Å². The maximum atomic E-state index is 5.74. The summed E-state index contributed by atoms with van der Waals surface area (Å²) >= 11 is 0. The van der Waals surface area contributed by atoms with Gasteiger partial charge in [-0.15, -0.1) is 24.0 Å². The molecular formula is C21H28IN5O. The van der Waals surface area contributed by atoms with Crippen LogP contribution in [0, 0.1) is 6.92 Å². The van der Waals surface area contributed by atoms with Gasteiger partial charge in [0.25, 0.3) is 0 Å². The van der Waals surface area contributed by atoms with Crippen LogP contribution in [0.4, 0.5) is 0 Å². The molecule has 0 saturated carbocycles. The minimum absolute atomic E-state index is 0. The number of hydrogen-bond acceptors (Lipinski definition) is 3. The number of fused-ring (bicyclic) bond motifs is 1. The van der Waals surface area contributed by atoms with Crippen molar-refractivity contribution in [3.8, 4) is 5.75 Å². The second-order valence-electron chi connectivity index (χ2n) is 6.30. The zero-order chi connectivity index (χ0) is 18.9. The molecule has 0 unspecified atom stereocenters. The summed E-state index contributed by atoms with van der Waals surface area (Å²) in [6, 6.07) is 14.1. The van der Waals surface area contributed by atoms with Gasteiger partial charge in [0.05, 0.1) is 12.2 Å². The highest BCUT2D eigenvalue weighted by Crippen LogP contribution is 2.10. The number of hydrogen-bond donors (Lipinski definition) is 2. The number of pyridine rings is 1. The number of ether oxygens (including phenoxy) is 1. The van der Waals surface area contributed by atoms with Crippen molar-refractivity contribution in [2.24, 2.45) is 4.99 Å². The lowest BCUT2D eigenvalue weighted by Crippen LogP contribution is -2.39. The molecule has 6 nitrogen and oxygen atoms in total. The van der Waals surface area contributed by atoms with E-state index in [0.29, 0.717) is 19.7 Å². The lowest BCUT2D eigenvalue weighted by Gasteiger charge is -2.12. The van der Waals surface area contributed by atoms with Gasteiger partial charge in [0.2, 0.25) is 0 Å². The van der Waals surface area contributed by atoms with Gasteiger partial charge >= 0.3 is 0 Å². The summed E-state index contributed by atoms with van der Waals surface area (Å²) in [6.45, 7) is 6.89. The maximum absolute atomic E-state index is 5.74. The van der Waals surface area contributed by atoms with Crippen LogP contribution < -0.4 is 15.4 Å². The number of benzene rings is 1. The summed E-state index contributed by atoms with van der Waals surface area (Å²) in [5, 5.41) is 6.56. The van der Waals surface area contributed by atoms with Crippen LogP contribution in [-0.4, -0.2) is 41.6 Å². The average Bonchev–Trinajstić information content (AvgIpc) is 3.09. The first-order valence-electron chi connectivity index (χ1n) is 9.39. The van der Waals surface area contributed by atoms with E-state index in [1.54, 1.807) is 0 Å². The van der Waals surface area contributed by atoms with E-state index in [0.717, 1.165) is 36.0 Å². The number of imidazole rings is 1. The van der Waals surface area contributed by atoms with Crippen LogP contribution in [0.25, 0.3) is 5.65 Å². The molecule has 3 rings (SSSR count). The summed E-state index contributed by atoms with van der Waals surface area (Å²) in [6.07, 6.45) is 4.87. The third kappa shape index (κ3) is 6.70. The molecule has 2 heterocycles. The molecular weight excluding hydrogens is 465 g/mol. The molecule has 0 bridgehead atoms. The lowest BCUT2D eigenvalue weighted by atomic mass is 10.2. The van der Waals surface area contributed by atoms with Crippen LogP contribution in [-0.2, 0) is 6.42 Å². The minimum atomic E-state index is 0. The van der Waals surface area contributed by atoms with Gasteiger partial charge in [0, 0.05) is 31.9 Å². The molecule has 0 radical (unpaired) electrons. The number of nitrogens with zero attached hydrogens (tertiary/aromatic N) is 3. The van der Waals surface area contributed by atoms with Crippen molar-refractivity contribution in [3.63, 3.8) is 0 Å². The molecule has 1 aromatic carbocycles. The average molecular weight is 493 g/mol. The fourth-order valence-corrected chi connectivity index (χ4v) is 2.70. The van der Waals surface area contributed by atoms with E-state index in [-0.39, 0.29) is 24.0 Å². The first-order valence-corrected chi connectivity index (χ1v) is 9.39. The van der Waals surface area contributed by atoms with Crippen molar-refractivity contribution in [2.45, 2.75) is 20.3 Å². The van der Waals surface area contributed by atoms with Crippen LogP contribution in [0.3, 0.4) is 0 Å². The van der Waals surface area contributed by atoms with E-state index >= 15 is 0 Å². The summed E-state index contributed by atoms with van der Waals surface area (Å²) in [5.74, 6) is 1.69. The Kier molecular flexibility index (Phi) is 9.06. The van der Waals surface area contributed by atoms with Gasteiger partial charge in [-0.1, -0.05) is 23.8 Å². The van der Waals surface area contributed by atoms with Crippen molar-refractivity contribution in [1.29, 1.82) is 0 Å². The Labute approximate surface area is 183 Å². The molecule has 2 N–H and O–H groups in total. The van der Waals surface area contributed by atoms with Crippen molar-refractivity contribution in [3.05, 3.63) is 66.1 Å². The fourth-order valence-electron chi connectivity index (χ4n) is 2.70. The number of aromatic nitrogens is 2. The van der Waals surface area contributed by atoms with Gasteiger partial charge in [-0.2, -0.15) is 0 Å². The van der Waals surface area contributed by atoms with Crippen LogP contribution >= 0.6 is 24.0 Å². The molecule has 0 amide bonds. The number of aryl methyl sites for hydroxylation is 1. The smallest absolute Gasteiger partial charge is 0.191 e. The molecule has 0 fully saturated rings. The van der Waals surface area contributed by atoms with E-state index in [1.807, 2.05) is 53.1 Å². The highest BCUT2D eigenvalue weighted by atomic mass is 127. The van der Waals surface area contributed by atoms with Crippen LogP contribution in [0.2, 0.25) is 0 Å². The van der Waals surface area contributed by atoms with Crippen LogP contribution in [0.1, 0.15) is 18.2 Å². The second kappa shape index (κ2) is 11.5. The molecule has 28 heavy (non-hydrogen) atoms. The summed E-state index contributed by atoms with van der Waals surface area (Å²) in [7, 11) is 0. The number of aliphatic imine (C=N–C) groups is 1. The predicted molar refractivity (Wildman–Crippen MR) is 125 cm³/mol. The quantitative estimate of drug-likeness (QED) is 0.219. The second-order valence-corrected chi connectivity index (χ2v) is 6.30. The van der Waals surface area contributed by atoms with E-state index in [1.165, 1.54) is 5.56 Å². The maximum Gasteiger partial charge on any atom is 0.191 e. The Balaban J connectivity index is 0.00000280. The van der Waals surface area contributed by atoms with Crippen molar-refractivity contribution >= 4 is 35.6 Å². The van der Waals surface area contributed by atoms with Gasteiger partial charge in [-0.25, -0.2) is 4.98 Å². The number of nitrogens with one attached hydrogen (secondary N) is 2.